The number of carboxylic acids is 2. The summed E-state index contributed by atoms with van der Waals surface area (Å²) in [5, 5.41) is 17.8. The van der Waals surface area contributed by atoms with Gasteiger partial charge in [0.15, 0.2) is 0 Å². The molecular formula is C10H16O4. The van der Waals surface area contributed by atoms with Gasteiger partial charge in [0, 0.05) is 0 Å². The molecule has 0 saturated heterocycles. The molecule has 1 aliphatic rings. The Morgan fingerprint density at radius 1 is 0.786 bits per heavy atom. The van der Waals surface area contributed by atoms with Crippen LogP contribution in [0.2, 0.25) is 0 Å². The van der Waals surface area contributed by atoms with E-state index in [1.807, 2.05) is 0 Å². The Kier molecular flexibility index (Phi) is 3.92. The summed E-state index contributed by atoms with van der Waals surface area (Å²) in [5.74, 6) is -3.29. The van der Waals surface area contributed by atoms with E-state index < -0.39 is 23.8 Å². The first kappa shape index (κ1) is 11.0. The van der Waals surface area contributed by atoms with Crippen molar-refractivity contribution >= 4 is 11.9 Å². The summed E-state index contributed by atoms with van der Waals surface area (Å²) in [4.78, 5) is 21.7. The Labute approximate surface area is 82.9 Å². The molecule has 4 heteroatoms. The first-order chi connectivity index (χ1) is 6.63. The molecule has 1 aliphatic carbocycles. The van der Waals surface area contributed by atoms with Crippen LogP contribution >= 0.6 is 0 Å². The fourth-order valence-electron chi connectivity index (χ4n) is 2.08. The molecule has 0 aromatic rings. The molecule has 0 aliphatic heterocycles. The van der Waals surface area contributed by atoms with Gasteiger partial charge in [-0.15, -0.1) is 0 Å². The molecule has 1 fully saturated rings. The molecule has 0 spiro atoms. The fraction of sp³-hybridized carbons (Fsp3) is 0.800. The van der Waals surface area contributed by atoms with E-state index in [4.69, 9.17) is 10.2 Å². The van der Waals surface area contributed by atoms with Gasteiger partial charge in [-0.2, -0.15) is 0 Å². The van der Waals surface area contributed by atoms with Crippen LogP contribution in [0.3, 0.4) is 0 Å². The van der Waals surface area contributed by atoms with Crippen LogP contribution < -0.4 is 0 Å². The van der Waals surface area contributed by atoms with E-state index in [2.05, 4.69) is 0 Å². The number of hydrogen-bond donors (Lipinski definition) is 2. The van der Waals surface area contributed by atoms with Gasteiger partial charge in [0.1, 0.15) is 0 Å². The summed E-state index contributed by atoms with van der Waals surface area (Å²) in [5.41, 5.74) is 0. The second-order valence-electron chi connectivity index (χ2n) is 3.88. The summed E-state index contributed by atoms with van der Waals surface area (Å²) < 4.78 is 0. The van der Waals surface area contributed by atoms with Gasteiger partial charge < -0.3 is 10.2 Å². The molecule has 80 valence electrons. The standard InChI is InChI=1S/C10H16O4/c11-9(12)7-5-3-1-2-4-6-8(7)10(13)14/h7-8H,1-6H2,(H,11,12)(H,13,14). The average molecular weight is 200 g/mol. The third kappa shape index (κ3) is 2.72. The third-order valence-electron chi connectivity index (χ3n) is 2.90. The summed E-state index contributed by atoms with van der Waals surface area (Å²) in [6, 6.07) is 0. The lowest BCUT2D eigenvalue weighted by molar-refractivity contribution is -0.154. The van der Waals surface area contributed by atoms with Crippen molar-refractivity contribution in [2.45, 2.75) is 38.5 Å². The van der Waals surface area contributed by atoms with Gasteiger partial charge in [0.25, 0.3) is 0 Å². The molecule has 14 heavy (non-hydrogen) atoms. The zero-order valence-corrected chi connectivity index (χ0v) is 8.11. The smallest absolute Gasteiger partial charge is 0.307 e. The van der Waals surface area contributed by atoms with Crippen LogP contribution in [0.1, 0.15) is 38.5 Å². The van der Waals surface area contributed by atoms with Crippen molar-refractivity contribution in [1.29, 1.82) is 0 Å². The molecule has 0 aromatic heterocycles. The topological polar surface area (TPSA) is 74.6 Å². The third-order valence-corrected chi connectivity index (χ3v) is 2.90. The quantitative estimate of drug-likeness (QED) is 0.712. The first-order valence-electron chi connectivity index (χ1n) is 5.08. The number of carbonyl (C=O) groups is 2. The van der Waals surface area contributed by atoms with Gasteiger partial charge in [-0.25, -0.2) is 0 Å². The van der Waals surface area contributed by atoms with Crippen molar-refractivity contribution in [3.63, 3.8) is 0 Å². The predicted molar refractivity (Wildman–Crippen MR) is 50.0 cm³/mol. The van der Waals surface area contributed by atoms with Crippen LogP contribution in [-0.4, -0.2) is 22.2 Å². The van der Waals surface area contributed by atoms with Gasteiger partial charge in [-0.05, 0) is 12.8 Å². The maximum absolute atomic E-state index is 10.9. The Bertz CT molecular complexity index is 200. The number of carboxylic acid groups (broad SMARTS) is 2. The van der Waals surface area contributed by atoms with E-state index in [1.54, 1.807) is 0 Å². The molecule has 0 amide bonds. The predicted octanol–water partition coefficient (Wildman–Crippen LogP) is 1.74. The van der Waals surface area contributed by atoms with Crippen molar-refractivity contribution in [1.82, 2.24) is 0 Å². The molecule has 2 N–H and O–H groups in total. The van der Waals surface area contributed by atoms with Crippen molar-refractivity contribution < 1.29 is 19.8 Å². The minimum Gasteiger partial charge on any atom is -0.481 e. The van der Waals surface area contributed by atoms with Gasteiger partial charge in [0.05, 0.1) is 11.8 Å². The van der Waals surface area contributed by atoms with E-state index in [1.165, 1.54) is 0 Å². The molecule has 0 heterocycles. The van der Waals surface area contributed by atoms with Gasteiger partial charge >= 0.3 is 11.9 Å². The minimum absolute atomic E-state index is 0.506. The lowest BCUT2D eigenvalue weighted by Crippen LogP contribution is -2.30. The Morgan fingerprint density at radius 2 is 1.14 bits per heavy atom. The molecule has 4 nitrogen and oxygen atoms in total. The van der Waals surface area contributed by atoms with E-state index >= 15 is 0 Å². The van der Waals surface area contributed by atoms with Crippen LogP contribution in [-0.2, 0) is 9.59 Å². The number of rotatable bonds is 2. The second kappa shape index (κ2) is 4.98. The van der Waals surface area contributed by atoms with Crippen molar-refractivity contribution in [2.75, 3.05) is 0 Å². The van der Waals surface area contributed by atoms with E-state index in [0.29, 0.717) is 12.8 Å². The zero-order valence-electron chi connectivity index (χ0n) is 8.11. The van der Waals surface area contributed by atoms with E-state index in [9.17, 15) is 9.59 Å². The molecule has 0 aromatic carbocycles. The Balaban J connectivity index is 2.70. The molecular weight excluding hydrogens is 184 g/mol. The second-order valence-corrected chi connectivity index (χ2v) is 3.88. The van der Waals surface area contributed by atoms with Crippen LogP contribution in [0, 0.1) is 11.8 Å². The minimum atomic E-state index is -0.959. The Morgan fingerprint density at radius 3 is 1.43 bits per heavy atom. The van der Waals surface area contributed by atoms with Crippen LogP contribution in [0.15, 0.2) is 0 Å². The van der Waals surface area contributed by atoms with E-state index in [0.717, 1.165) is 25.7 Å². The Hall–Kier alpha value is -1.06. The van der Waals surface area contributed by atoms with Crippen LogP contribution in [0.5, 0.6) is 0 Å². The van der Waals surface area contributed by atoms with Crippen molar-refractivity contribution in [3.8, 4) is 0 Å². The van der Waals surface area contributed by atoms with E-state index in [-0.39, 0.29) is 0 Å². The highest BCUT2D eigenvalue weighted by Crippen LogP contribution is 2.28. The lowest BCUT2D eigenvalue weighted by Gasteiger charge is -2.22. The van der Waals surface area contributed by atoms with Gasteiger partial charge in [-0.1, -0.05) is 25.7 Å². The highest BCUT2D eigenvalue weighted by atomic mass is 16.4. The molecule has 1 saturated carbocycles. The normalized spacial score (nSPS) is 28.9. The molecule has 1 rings (SSSR count). The summed E-state index contributed by atoms with van der Waals surface area (Å²) in [6.45, 7) is 0. The van der Waals surface area contributed by atoms with Crippen LogP contribution in [0.4, 0.5) is 0 Å². The van der Waals surface area contributed by atoms with Crippen LogP contribution in [0.25, 0.3) is 0 Å². The molecule has 0 radical (unpaired) electrons. The summed E-state index contributed by atoms with van der Waals surface area (Å²) in [6.07, 6.45) is 4.73. The maximum Gasteiger partial charge on any atom is 0.307 e. The maximum atomic E-state index is 10.9. The lowest BCUT2D eigenvalue weighted by atomic mass is 9.82. The highest BCUT2D eigenvalue weighted by molar-refractivity contribution is 5.79. The number of aliphatic carboxylic acids is 2. The summed E-state index contributed by atoms with van der Waals surface area (Å²) >= 11 is 0. The van der Waals surface area contributed by atoms with Gasteiger partial charge in [-0.3, -0.25) is 9.59 Å². The molecule has 2 unspecified atom stereocenters. The average Bonchev–Trinajstić information content (AvgIpc) is 2.01. The molecule has 2 atom stereocenters. The SMILES string of the molecule is O=C(O)C1CCCCCCC1C(=O)O. The first-order valence-corrected chi connectivity index (χ1v) is 5.08. The van der Waals surface area contributed by atoms with Gasteiger partial charge in [0.2, 0.25) is 0 Å². The molecule has 0 bridgehead atoms. The fourth-order valence-corrected chi connectivity index (χ4v) is 2.08. The zero-order chi connectivity index (χ0) is 10.6. The summed E-state index contributed by atoms with van der Waals surface area (Å²) in [7, 11) is 0. The van der Waals surface area contributed by atoms with Crippen molar-refractivity contribution in [2.24, 2.45) is 11.8 Å². The highest BCUT2D eigenvalue weighted by Gasteiger charge is 2.33. The number of hydrogen-bond acceptors (Lipinski definition) is 2. The largest absolute Gasteiger partial charge is 0.481 e. The monoisotopic (exact) mass is 200 g/mol. The van der Waals surface area contributed by atoms with Crippen molar-refractivity contribution in [3.05, 3.63) is 0 Å².